The van der Waals surface area contributed by atoms with Gasteiger partial charge in [0, 0.05) is 30.5 Å². The Bertz CT molecular complexity index is 415. The van der Waals surface area contributed by atoms with Crippen LogP contribution in [0.15, 0.2) is 18.3 Å². The van der Waals surface area contributed by atoms with Crippen LogP contribution < -0.4 is 5.32 Å². The molecule has 1 N–H and O–H groups in total. The molecule has 1 aromatic heterocycles. The molecule has 3 unspecified atom stereocenters. The number of fused-ring (bicyclic) bond motifs is 1. The number of pyridine rings is 1. The lowest BCUT2D eigenvalue weighted by Gasteiger charge is -2.35. The Morgan fingerprint density at radius 2 is 2.37 bits per heavy atom. The van der Waals surface area contributed by atoms with Gasteiger partial charge in [0.1, 0.15) is 0 Å². The molecule has 2 heterocycles. The Kier molecular flexibility index (Phi) is 4.14. The highest BCUT2D eigenvalue weighted by molar-refractivity contribution is 5.27. The monoisotopic (exact) mass is 260 g/mol. The van der Waals surface area contributed by atoms with Crippen LogP contribution in [0, 0.1) is 0 Å². The summed E-state index contributed by atoms with van der Waals surface area (Å²) in [5.41, 5.74) is 2.76. The van der Waals surface area contributed by atoms with Crippen LogP contribution in [0.2, 0.25) is 0 Å². The molecule has 3 nitrogen and oxygen atoms in total. The molecule has 1 saturated heterocycles. The molecular weight excluding hydrogens is 236 g/mol. The highest BCUT2D eigenvalue weighted by atomic mass is 16.5. The van der Waals surface area contributed by atoms with Crippen LogP contribution in [0.3, 0.4) is 0 Å². The van der Waals surface area contributed by atoms with Crippen molar-refractivity contribution >= 4 is 0 Å². The number of ether oxygens (including phenoxy) is 1. The van der Waals surface area contributed by atoms with Crippen molar-refractivity contribution in [2.45, 2.75) is 57.1 Å². The third kappa shape index (κ3) is 2.67. The van der Waals surface area contributed by atoms with Crippen LogP contribution in [0.5, 0.6) is 0 Å². The standard InChI is InChI=1S/C16H24N2O/c1-2-17-16(14-9-5-11-19-14)13-8-3-6-12-7-4-10-18-15(12)13/h4,7,10,13-14,16-17H,2-3,5-6,8-9,11H2,1H3. The van der Waals surface area contributed by atoms with Crippen LogP contribution >= 0.6 is 0 Å². The van der Waals surface area contributed by atoms with E-state index in [0.717, 1.165) is 13.2 Å². The van der Waals surface area contributed by atoms with Gasteiger partial charge in [-0.05, 0) is 50.3 Å². The number of rotatable bonds is 4. The minimum Gasteiger partial charge on any atom is -0.377 e. The molecule has 2 aliphatic rings. The van der Waals surface area contributed by atoms with Crippen LogP contribution in [0.25, 0.3) is 0 Å². The van der Waals surface area contributed by atoms with Crippen LogP contribution in [-0.4, -0.2) is 30.3 Å². The minimum absolute atomic E-state index is 0.373. The maximum atomic E-state index is 5.95. The van der Waals surface area contributed by atoms with Crippen molar-refractivity contribution in [2.75, 3.05) is 13.2 Å². The number of hydrogen-bond acceptors (Lipinski definition) is 3. The zero-order valence-electron chi connectivity index (χ0n) is 11.8. The largest absolute Gasteiger partial charge is 0.377 e. The second-order valence-electron chi connectivity index (χ2n) is 5.68. The lowest BCUT2D eigenvalue weighted by molar-refractivity contribution is 0.0668. The quantitative estimate of drug-likeness (QED) is 0.903. The van der Waals surface area contributed by atoms with Gasteiger partial charge in [-0.1, -0.05) is 13.0 Å². The molecule has 1 aromatic rings. The van der Waals surface area contributed by atoms with Crippen molar-refractivity contribution in [3.63, 3.8) is 0 Å². The van der Waals surface area contributed by atoms with E-state index in [1.54, 1.807) is 0 Å². The molecule has 104 valence electrons. The van der Waals surface area contributed by atoms with Crippen molar-refractivity contribution in [1.29, 1.82) is 0 Å². The second kappa shape index (κ2) is 6.02. The average Bonchev–Trinajstić information content (AvgIpc) is 2.98. The Hall–Kier alpha value is -0.930. The van der Waals surface area contributed by atoms with E-state index in [0.29, 0.717) is 18.1 Å². The van der Waals surface area contributed by atoms with Crippen molar-refractivity contribution in [1.82, 2.24) is 10.3 Å². The first-order valence-electron chi connectivity index (χ1n) is 7.69. The molecule has 3 heteroatoms. The van der Waals surface area contributed by atoms with E-state index in [2.05, 4.69) is 29.4 Å². The first-order valence-corrected chi connectivity index (χ1v) is 7.69. The van der Waals surface area contributed by atoms with Gasteiger partial charge >= 0.3 is 0 Å². The molecule has 1 fully saturated rings. The van der Waals surface area contributed by atoms with Crippen LogP contribution in [0.4, 0.5) is 0 Å². The molecule has 3 atom stereocenters. The molecule has 0 aromatic carbocycles. The van der Waals surface area contributed by atoms with Gasteiger partial charge in [-0.3, -0.25) is 4.98 Å². The molecule has 0 bridgehead atoms. The molecule has 0 saturated carbocycles. The highest BCUT2D eigenvalue weighted by Crippen LogP contribution is 2.35. The van der Waals surface area contributed by atoms with Crippen LogP contribution in [0.1, 0.15) is 49.8 Å². The van der Waals surface area contributed by atoms with E-state index >= 15 is 0 Å². The zero-order valence-corrected chi connectivity index (χ0v) is 11.8. The Balaban J connectivity index is 1.86. The maximum absolute atomic E-state index is 5.95. The summed E-state index contributed by atoms with van der Waals surface area (Å²) in [7, 11) is 0. The number of hydrogen-bond donors (Lipinski definition) is 1. The normalized spacial score (nSPS) is 28.1. The lowest BCUT2D eigenvalue weighted by Crippen LogP contribution is -2.45. The third-order valence-corrected chi connectivity index (χ3v) is 4.48. The number of aromatic nitrogens is 1. The van der Waals surface area contributed by atoms with Gasteiger partial charge < -0.3 is 10.1 Å². The molecule has 3 rings (SSSR count). The van der Waals surface area contributed by atoms with Gasteiger partial charge in [0.05, 0.1) is 6.10 Å². The first kappa shape index (κ1) is 13.1. The zero-order chi connectivity index (χ0) is 13.1. The molecule has 0 amide bonds. The van der Waals surface area contributed by atoms with E-state index in [9.17, 15) is 0 Å². The van der Waals surface area contributed by atoms with E-state index in [4.69, 9.17) is 4.74 Å². The third-order valence-electron chi connectivity index (χ3n) is 4.48. The molecule has 0 radical (unpaired) electrons. The van der Waals surface area contributed by atoms with Gasteiger partial charge in [-0.15, -0.1) is 0 Å². The van der Waals surface area contributed by atoms with Crippen molar-refractivity contribution in [2.24, 2.45) is 0 Å². The summed E-state index contributed by atoms with van der Waals surface area (Å²) < 4.78 is 5.95. The van der Waals surface area contributed by atoms with E-state index in [1.807, 2.05) is 6.20 Å². The molecular formula is C16H24N2O. The van der Waals surface area contributed by atoms with Gasteiger partial charge in [-0.25, -0.2) is 0 Å². The van der Waals surface area contributed by atoms with Crippen LogP contribution in [-0.2, 0) is 11.2 Å². The molecule has 19 heavy (non-hydrogen) atoms. The summed E-state index contributed by atoms with van der Waals surface area (Å²) in [5.74, 6) is 0.521. The van der Waals surface area contributed by atoms with E-state index in [-0.39, 0.29) is 0 Å². The molecule has 1 aliphatic heterocycles. The average molecular weight is 260 g/mol. The SMILES string of the molecule is CCNC(C1CCCO1)C1CCCc2cccnc21. The highest BCUT2D eigenvalue weighted by Gasteiger charge is 2.35. The predicted molar refractivity (Wildman–Crippen MR) is 76.4 cm³/mol. The van der Waals surface area contributed by atoms with Gasteiger partial charge in [-0.2, -0.15) is 0 Å². The molecule has 0 spiro atoms. The van der Waals surface area contributed by atoms with Crippen molar-refractivity contribution in [3.05, 3.63) is 29.6 Å². The van der Waals surface area contributed by atoms with E-state index in [1.165, 1.54) is 43.4 Å². The topological polar surface area (TPSA) is 34.1 Å². The summed E-state index contributed by atoms with van der Waals surface area (Å²) in [6.45, 7) is 4.11. The summed E-state index contributed by atoms with van der Waals surface area (Å²) in [6.07, 6.45) is 8.40. The Morgan fingerprint density at radius 1 is 1.42 bits per heavy atom. The van der Waals surface area contributed by atoms with Crippen molar-refractivity contribution < 1.29 is 4.74 Å². The first-order chi connectivity index (χ1) is 9.40. The number of nitrogens with zero attached hydrogens (tertiary/aromatic N) is 1. The van der Waals surface area contributed by atoms with E-state index < -0.39 is 0 Å². The number of aryl methyl sites for hydroxylation is 1. The maximum Gasteiger partial charge on any atom is 0.0735 e. The smallest absolute Gasteiger partial charge is 0.0735 e. The summed E-state index contributed by atoms with van der Waals surface area (Å²) in [4.78, 5) is 4.68. The Labute approximate surface area is 115 Å². The number of nitrogens with one attached hydrogen (secondary N) is 1. The predicted octanol–water partition coefficient (Wildman–Crippen LogP) is 2.66. The van der Waals surface area contributed by atoms with Crippen molar-refractivity contribution in [3.8, 4) is 0 Å². The summed E-state index contributed by atoms with van der Waals surface area (Å²) >= 11 is 0. The van der Waals surface area contributed by atoms with Gasteiger partial charge in [0.15, 0.2) is 0 Å². The summed E-state index contributed by atoms with van der Waals surface area (Å²) in [5, 5.41) is 3.67. The minimum atomic E-state index is 0.373. The van der Waals surface area contributed by atoms with Gasteiger partial charge in [0.2, 0.25) is 0 Å². The fraction of sp³-hybridized carbons (Fsp3) is 0.688. The van der Waals surface area contributed by atoms with Gasteiger partial charge in [0.25, 0.3) is 0 Å². The summed E-state index contributed by atoms with van der Waals surface area (Å²) in [6, 6.07) is 4.74. The Morgan fingerprint density at radius 3 is 3.16 bits per heavy atom. The fourth-order valence-electron chi connectivity index (χ4n) is 3.65. The second-order valence-corrected chi connectivity index (χ2v) is 5.68. The molecule has 1 aliphatic carbocycles. The fourth-order valence-corrected chi connectivity index (χ4v) is 3.65. The lowest BCUT2D eigenvalue weighted by atomic mass is 9.79. The number of likely N-dealkylation sites (N-methyl/N-ethyl adjacent to an activating group) is 1.